The zero-order chi connectivity index (χ0) is 19.1. The fraction of sp³-hybridized carbons (Fsp3) is 0.250. The van der Waals surface area contributed by atoms with Crippen molar-refractivity contribution < 1.29 is 9.53 Å². The number of amides is 1. The number of hydrogen-bond acceptors (Lipinski definition) is 6. The van der Waals surface area contributed by atoms with Gasteiger partial charge in [0.05, 0.1) is 12.2 Å². The maximum atomic E-state index is 12.6. The van der Waals surface area contributed by atoms with Crippen LogP contribution in [0.1, 0.15) is 34.8 Å². The topological polar surface area (TPSA) is 64.1 Å². The average Bonchev–Trinajstić information content (AvgIpc) is 3.13. The molecule has 0 bridgehead atoms. The number of benzene rings is 2. The first-order valence-electron chi connectivity index (χ1n) is 8.71. The van der Waals surface area contributed by atoms with Crippen molar-refractivity contribution in [2.75, 3.05) is 11.9 Å². The van der Waals surface area contributed by atoms with Crippen LogP contribution in [-0.4, -0.2) is 22.7 Å². The largest absolute Gasteiger partial charge is 0.493 e. The summed E-state index contributed by atoms with van der Waals surface area (Å²) >= 11 is 2.99. The van der Waals surface area contributed by atoms with Crippen LogP contribution in [0.3, 0.4) is 0 Å². The molecule has 3 aromatic rings. The molecule has 1 heterocycles. The molecular weight excluding hydrogens is 378 g/mol. The second-order valence-electron chi connectivity index (χ2n) is 5.89. The highest BCUT2D eigenvalue weighted by molar-refractivity contribution is 8.00. The van der Waals surface area contributed by atoms with E-state index >= 15 is 0 Å². The zero-order valence-corrected chi connectivity index (χ0v) is 16.9. The van der Waals surface area contributed by atoms with Crippen molar-refractivity contribution in [3.63, 3.8) is 0 Å². The van der Waals surface area contributed by atoms with Gasteiger partial charge in [0.15, 0.2) is 4.34 Å². The lowest BCUT2D eigenvalue weighted by Crippen LogP contribution is -2.13. The summed E-state index contributed by atoms with van der Waals surface area (Å²) in [5, 5.41) is 11.5. The van der Waals surface area contributed by atoms with Crippen molar-refractivity contribution in [1.29, 1.82) is 0 Å². The standard InChI is InChI=1S/C20H21N3O2S2/c1-3-12-25-17-11-7-6-10-16(17)18(24)21-19-22-23-20(27-19)26-13-15-9-5-4-8-14(15)2/h4-11H,3,12-13H2,1-2H3,(H,21,22,24). The second-order valence-corrected chi connectivity index (χ2v) is 8.09. The lowest BCUT2D eigenvalue weighted by atomic mass is 10.1. The SMILES string of the molecule is CCCOc1ccccc1C(=O)Nc1nnc(SCc2ccccc2C)s1. The minimum absolute atomic E-state index is 0.242. The predicted octanol–water partition coefficient (Wildman–Crippen LogP) is 5.18. The van der Waals surface area contributed by atoms with E-state index in [2.05, 4.69) is 34.6 Å². The summed E-state index contributed by atoms with van der Waals surface area (Å²) in [5.41, 5.74) is 3.02. The molecule has 0 spiro atoms. The van der Waals surface area contributed by atoms with Gasteiger partial charge in [-0.1, -0.05) is 66.4 Å². The quantitative estimate of drug-likeness (QED) is 0.418. The van der Waals surface area contributed by atoms with Gasteiger partial charge in [-0.05, 0) is 36.6 Å². The predicted molar refractivity (Wildman–Crippen MR) is 111 cm³/mol. The molecule has 0 aliphatic carbocycles. The summed E-state index contributed by atoms with van der Waals surface area (Å²) in [6.45, 7) is 4.70. The fourth-order valence-corrected chi connectivity index (χ4v) is 4.21. The summed E-state index contributed by atoms with van der Waals surface area (Å²) in [7, 11) is 0. The Bertz CT molecular complexity index is 912. The Morgan fingerprint density at radius 3 is 2.74 bits per heavy atom. The number of nitrogens with one attached hydrogen (secondary N) is 1. The Hall–Kier alpha value is -2.38. The molecule has 3 rings (SSSR count). The van der Waals surface area contributed by atoms with E-state index in [-0.39, 0.29) is 5.91 Å². The molecule has 5 nitrogen and oxygen atoms in total. The molecule has 0 aliphatic heterocycles. The zero-order valence-electron chi connectivity index (χ0n) is 15.3. The van der Waals surface area contributed by atoms with Gasteiger partial charge in [-0.3, -0.25) is 10.1 Å². The first-order valence-corrected chi connectivity index (χ1v) is 10.5. The Kier molecular flexibility index (Phi) is 6.84. The molecule has 27 heavy (non-hydrogen) atoms. The normalized spacial score (nSPS) is 10.6. The number of rotatable bonds is 8. The molecular formula is C20H21N3O2S2. The van der Waals surface area contributed by atoms with Gasteiger partial charge in [-0.25, -0.2) is 0 Å². The Morgan fingerprint density at radius 2 is 1.93 bits per heavy atom. The highest BCUT2D eigenvalue weighted by Crippen LogP contribution is 2.29. The van der Waals surface area contributed by atoms with E-state index in [4.69, 9.17) is 4.74 Å². The van der Waals surface area contributed by atoms with Crippen molar-refractivity contribution >= 4 is 34.1 Å². The number of nitrogens with zero attached hydrogens (tertiary/aromatic N) is 2. The molecule has 0 unspecified atom stereocenters. The number of carbonyl (C=O) groups excluding carboxylic acids is 1. The van der Waals surface area contributed by atoms with Crippen LogP contribution >= 0.6 is 23.1 Å². The Balaban J connectivity index is 1.62. The second kappa shape index (κ2) is 9.53. The summed E-state index contributed by atoms with van der Waals surface area (Å²) in [5.74, 6) is 1.16. The molecule has 140 valence electrons. The van der Waals surface area contributed by atoms with Crippen molar-refractivity contribution in [3.05, 3.63) is 65.2 Å². The van der Waals surface area contributed by atoms with Crippen molar-refractivity contribution in [3.8, 4) is 5.75 Å². The summed E-state index contributed by atoms with van der Waals surface area (Å²) in [4.78, 5) is 12.6. The minimum atomic E-state index is -0.242. The van der Waals surface area contributed by atoms with Crippen molar-refractivity contribution in [2.24, 2.45) is 0 Å². The van der Waals surface area contributed by atoms with E-state index in [0.29, 0.717) is 23.1 Å². The van der Waals surface area contributed by atoms with E-state index in [1.54, 1.807) is 23.9 Å². The van der Waals surface area contributed by atoms with E-state index in [1.165, 1.54) is 22.5 Å². The third-order valence-corrected chi connectivity index (χ3v) is 5.85. The van der Waals surface area contributed by atoms with Crippen LogP contribution < -0.4 is 10.1 Å². The average molecular weight is 400 g/mol. The molecule has 0 radical (unpaired) electrons. The number of ether oxygens (including phenoxy) is 1. The number of thioether (sulfide) groups is 1. The van der Waals surface area contributed by atoms with Gasteiger partial charge >= 0.3 is 0 Å². The number of aromatic nitrogens is 2. The molecule has 0 aliphatic rings. The third kappa shape index (κ3) is 5.30. The summed E-state index contributed by atoms with van der Waals surface area (Å²) < 4.78 is 6.47. The number of anilines is 1. The van der Waals surface area contributed by atoms with Crippen LogP contribution in [0.2, 0.25) is 0 Å². The van der Waals surface area contributed by atoms with Crippen LogP contribution in [0.5, 0.6) is 5.75 Å². The lowest BCUT2D eigenvalue weighted by Gasteiger charge is -2.09. The van der Waals surface area contributed by atoms with Gasteiger partial charge in [-0.2, -0.15) is 0 Å². The van der Waals surface area contributed by atoms with Gasteiger partial charge in [0.2, 0.25) is 5.13 Å². The Labute approximate surface area is 167 Å². The van der Waals surface area contributed by atoms with Gasteiger partial charge in [0.25, 0.3) is 5.91 Å². The highest BCUT2D eigenvalue weighted by atomic mass is 32.2. The monoisotopic (exact) mass is 399 g/mol. The van der Waals surface area contributed by atoms with Crippen LogP contribution in [0.25, 0.3) is 0 Å². The fourth-order valence-electron chi connectivity index (χ4n) is 2.39. The minimum Gasteiger partial charge on any atom is -0.493 e. The highest BCUT2D eigenvalue weighted by Gasteiger charge is 2.15. The molecule has 0 saturated heterocycles. The molecule has 0 fully saturated rings. The Morgan fingerprint density at radius 1 is 1.15 bits per heavy atom. The van der Waals surface area contributed by atoms with E-state index in [1.807, 2.05) is 31.2 Å². The van der Waals surface area contributed by atoms with E-state index in [9.17, 15) is 4.79 Å². The van der Waals surface area contributed by atoms with Crippen molar-refractivity contribution in [1.82, 2.24) is 10.2 Å². The number of para-hydroxylation sites is 1. The van der Waals surface area contributed by atoms with E-state index < -0.39 is 0 Å². The van der Waals surface area contributed by atoms with Gasteiger partial charge < -0.3 is 4.74 Å². The van der Waals surface area contributed by atoms with Gasteiger partial charge in [-0.15, -0.1) is 10.2 Å². The number of carbonyl (C=O) groups is 1. The summed E-state index contributed by atoms with van der Waals surface area (Å²) in [6.07, 6.45) is 0.883. The van der Waals surface area contributed by atoms with Gasteiger partial charge in [0.1, 0.15) is 5.75 Å². The van der Waals surface area contributed by atoms with E-state index in [0.717, 1.165) is 16.5 Å². The van der Waals surface area contributed by atoms with Crippen molar-refractivity contribution in [2.45, 2.75) is 30.4 Å². The third-order valence-electron chi connectivity index (χ3n) is 3.83. The molecule has 0 atom stereocenters. The van der Waals surface area contributed by atoms with Crippen LogP contribution in [0.15, 0.2) is 52.9 Å². The van der Waals surface area contributed by atoms with Crippen LogP contribution in [0, 0.1) is 6.92 Å². The first kappa shape index (κ1) is 19.4. The number of aryl methyl sites for hydroxylation is 1. The maximum Gasteiger partial charge on any atom is 0.261 e. The number of hydrogen-bond donors (Lipinski definition) is 1. The lowest BCUT2D eigenvalue weighted by molar-refractivity contribution is 0.102. The first-order chi connectivity index (χ1) is 13.2. The van der Waals surface area contributed by atoms with Crippen LogP contribution in [-0.2, 0) is 5.75 Å². The van der Waals surface area contributed by atoms with Crippen LogP contribution in [0.4, 0.5) is 5.13 Å². The summed E-state index contributed by atoms with van der Waals surface area (Å²) in [6, 6.07) is 15.5. The smallest absolute Gasteiger partial charge is 0.261 e. The molecule has 2 aromatic carbocycles. The van der Waals surface area contributed by atoms with Gasteiger partial charge in [0, 0.05) is 5.75 Å². The molecule has 1 aromatic heterocycles. The molecule has 7 heteroatoms. The molecule has 1 amide bonds. The molecule has 0 saturated carbocycles. The maximum absolute atomic E-state index is 12.6. The molecule has 1 N–H and O–H groups in total.